The number of piperidine rings is 3. The minimum atomic E-state index is -3.82. The number of aliphatic hydroxyl groups is 1. The molecule has 0 spiro atoms. The second kappa shape index (κ2) is 17.8. The number of anilines is 2. The summed E-state index contributed by atoms with van der Waals surface area (Å²) < 4.78 is 58.5. The number of fused-ring (bicyclic) bond motifs is 2. The highest BCUT2D eigenvalue weighted by Gasteiger charge is 2.49. The number of hydrogen-bond donors (Lipinski definition) is 3. The standard InChI is InChI=1S/C49H58F3N7O6/c1-28(35-6-5-7-39(44(35)50)49(51,52)48(3,4)63)53-45-38-24-42(65-34-16-21-64-27-34)37(23-40(38)54-29(2)55-45)31-14-17-57(18-15-31)25-30-12-19-58(20-13-30)33-8-9-36-32(22-33)26-59(47(36)62)41-10-11-43(60)56-46(41)61/h5-9,22-24,28,30-31,34,41,63H,10-21,25-27H2,1-4H3,(H,53,54,55)(H,56,60,61)/t28?,34-,41?/m0/s1. The molecular formula is C49H58F3N7O6. The molecule has 13 nitrogen and oxygen atoms in total. The molecule has 3 N–H and O–H groups in total. The van der Waals surface area contributed by atoms with Gasteiger partial charge in [-0.15, -0.1) is 0 Å². The van der Waals surface area contributed by atoms with Gasteiger partial charge in [0.1, 0.15) is 41.0 Å². The van der Waals surface area contributed by atoms with Crippen LogP contribution in [0.2, 0.25) is 0 Å². The SMILES string of the molecule is Cc1nc(NC(C)c2cccc(C(F)(F)C(C)(C)O)c2F)c2cc(O[C@H]3CCOC3)c(C3CCN(CC4CCN(c5ccc6c(c5)CN(C5CCC(=O)NC5=O)C6=O)CC4)CC3)cc2n1. The Hall–Kier alpha value is -5.32. The molecule has 9 rings (SSSR count). The zero-order valence-electron chi connectivity index (χ0n) is 37.5. The van der Waals surface area contributed by atoms with Crippen molar-refractivity contribution in [3.63, 3.8) is 0 Å². The van der Waals surface area contributed by atoms with Gasteiger partial charge in [-0.1, -0.05) is 12.1 Å². The highest BCUT2D eigenvalue weighted by molar-refractivity contribution is 6.05. The summed E-state index contributed by atoms with van der Waals surface area (Å²) in [4.78, 5) is 53.5. The topological polar surface area (TPSA) is 149 Å². The number of alkyl halides is 2. The smallest absolute Gasteiger partial charge is 0.303 e. The molecule has 65 heavy (non-hydrogen) atoms. The maximum atomic E-state index is 15.8. The predicted molar refractivity (Wildman–Crippen MR) is 239 cm³/mol. The van der Waals surface area contributed by atoms with E-state index in [-0.39, 0.29) is 35.8 Å². The number of hydrogen-bond acceptors (Lipinski definition) is 11. The van der Waals surface area contributed by atoms with Crippen LogP contribution in [0.25, 0.3) is 10.9 Å². The van der Waals surface area contributed by atoms with Crippen LogP contribution in [-0.2, 0) is 26.8 Å². The second-order valence-electron chi connectivity index (χ2n) is 19.1. The van der Waals surface area contributed by atoms with Crippen LogP contribution in [0.15, 0.2) is 48.5 Å². The molecule has 16 heteroatoms. The number of nitrogens with one attached hydrogen (secondary N) is 2. The van der Waals surface area contributed by atoms with Crippen molar-refractivity contribution in [2.24, 2.45) is 5.92 Å². The first kappa shape index (κ1) is 44.9. The van der Waals surface area contributed by atoms with Crippen LogP contribution in [0, 0.1) is 18.7 Å². The predicted octanol–water partition coefficient (Wildman–Crippen LogP) is 7.14. The van der Waals surface area contributed by atoms with Gasteiger partial charge in [-0.25, -0.2) is 14.4 Å². The van der Waals surface area contributed by atoms with E-state index in [1.54, 1.807) is 18.7 Å². The van der Waals surface area contributed by atoms with Gasteiger partial charge in [-0.2, -0.15) is 8.78 Å². The van der Waals surface area contributed by atoms with Gasteiger partial charge in [0.15, 0.2) is 0 Å². The summed E-state index contributed by atoms with van der Waals surface area (Å²) in [5, 5.41) is 16.5. The Balaban J connectivity index is 0.850. The number of ether oxygens (including phenoxy) is 2. The third kappa shape index (κ3) is 9.01. The summed E-state index contributed by atoms with van der Waals surface area (Å²) in [5.41, 5.74) is 1.10. The fourth-order valence-corrected chi connectivity index (χ4v) is 10.3. The third-order valence-electron chi connectivity index (χ3n) is 14.1. The van der Waals surface area contributed by atoms with E-state index >= 15 is 13.2 Å². The van der Waals surface area contributed by atoms with E-state index < -0.39 is 40.9 Å². The third-order valence-corrected chi connectivity index (χ3v) is 14.1. The van der Waals surface area contributed by atoms with E-state index in [1.807, 2.05) is 18.2 Å². The number of benzene rings is 3. The fourth-order valence-electron chi connectivity index (χ4n) is 10.3. The van der Waals surface area contributed by atoms with Crippen LogP contribution in [-0.4, -0.2) is 106 Å². The molecule has 2 unspecified atom stereocenters. The second-order valence-corrected chi connectivity index (χ2v) is 19.1. The average Bonchev–Trinajstić information content (AvgIpc) is 3.90. The van der Waals surface area contributed by atoms with Crippen LogP contribution < -0.4 is 20.3 Å². The molecule has 346 valence electrons. The Morgan fingerprint density at radius 3 is 2.46 bits per heavy atom. The number of nitrogens with zero attached hydrogens (tertiary/aromatic N) is 5. The molecule has 6 heterocycles. The van der Waals surface area contributed by atoms with Crippen LogP contribution in [0.5, 0.6) is 5.75 Å². The molecule has 3 amide bonds. The Bertz CT molecular complexity index is 2480. The van der Waals surface area contributed by atoms with Crippen molar-refractivity contribution in [3.05, 3.63) is 88.0 Å². The number of aryl methyl sites for hydroxylation is 1. The molecule has 4 saturated heterocycles. The summed E-state index contributed by atoms with van der Waals surface area (Å²) in [5.74, 6) is -3.31. The lowest BCUT2D eigenvalue weighted by Gasteiger charge is -2.38. The molecule has 0 saturated carbocycles. The van der Waals surface area contributed by atoms with Gasteiger partial charge in [0, 0.05) is 61.2 Å². The molecular weight excluding hydrogens is 840 g/mol. The van der Waals surface area contributed by atoms with E-state index in [0.29, 0.717) is 60.2 Å². The number of rotatable bonds is 12. The van der Waals surface area contributed by atoms with Gasteiger partial charge >= 0.3 is 5.92 Å². The largest absolute Gasteiger partial charge is 0.488 e. The summed E-state index contributed by atoms with van der Waals surface area (Å²) >= 11 is 0. The lowest BCUT2D eigenvalue weighted by molar-refractivity contribution is -0.170. The van der Waals surface area contributed by atoms with Gasteiger partial charge in [0.25, 0.3) is 5.91 Å². The molecule has 4 aromatic rings. The minimum absolute atomic E-state index is 0.0174. The van der Waals surface area contributed by atoms with Crippen molar-refractivity contribution in [1.82, 2.24) is 25.1 Å². The molecule has 5 aliphatic heterocycles. The molecule has 0 bridgehead atoms. The number of likely N-dealkylation sites (tertiary alicyclic amines) is 1. The van der Waals surface area contributed by atoms with Crippen molar-refractivity contribution < 1.29 is 42.1 Å². The highest BCUT2D eigenvalue weighted by atomic mass is 19.3. The van der Waals surface area contributed by atoms with E-state index in [0.717, 1.165) is 107 Å². The number of carbonyl (C=O) groups excluding carboxylic acids is 3. The monoisotopic (exact) mass is 897 g/mol. The Kier molecular flexibility index (Phi) is 12.3. The van der Waals surface area contributed by atoms with Gasteiger partial charge in [0.2, 0.25) is 11.8 Å². The summed E-state index contributed by atoms with van der Waals surface area (Å²) in [7, 11) is 0. The van der Waals surface area contributed by atoms with E-state index in [9.17, 15) is 19.5 Å². The lowest BCUT2D eigenvalue weighted by atomic mass is 9.87. The van der Waals surface area contributed by atoms with Crippen molar-refractivity contribution in [2.75, 3.05) is 56.2 Å². The van der Waals surface area contributed by atoms with Crippen LogP contribution in [0.1, 0.15) is 116 Å². The zero-order valence-corrected chi connectivity index (χ0v) is 37.5. The summed E-state index contributed by atoms with van der Waals surface area (Å²) in [6.07, 6.45) is 5.24. The molecule has 3 aromatic carbocycles. The van der Waals surface area contributed by atoms with Gasteiger partial charge < -0.3 is 34.6 Å². The first-order valence-electron chi connectivity index (χ1n) is 23.0. The number of aromatic nitrogens is 2. The van der Waals surface area contributed by atoms with Gasteiger partial charge in [0.05, 0.1) is 30.3 Å². The summed E-state index contributed by atoms with van der Waals surface area (Å²) in [6, 6.07) is 12.5. The maximum Gasteiger partial charge on any atom is 0.303 e. The molecule has 1 aromatic heterocycles. The minimum Gasteiger partial charge on any atom is -0.488 e. The van der Waals surface area contributed by atoms with E-state index in [4.69, 9.17) is 19.4 Å². The number of halogens is 3. The zero-order chi connectivity index (χ0) is 45.8. The van der Waals surface area contributed by atoms with Crippen molar-refractivity contribution >= 4 is 40.1 Å². The Morgan fingerprint density at radius 2 is 1.75 bits per heavy atom. The van der Waals surface area contributed by atoms with Crippen molar-refractivity contribution in [2.45, 2.75) is 115 Å². The van der Waals surface area contributed by atoms with Crippen molar-refractivity contribution in [3.8, 4) is 5.75 Å². The van der Waals surface area contributed by atoms with Crippen LogP contribution in [0.3, 0.4) is 0 Å². The molecule has 4 fully saturated rings. The Morgan fingerprint density at radius 1 is 0.985 bits per heavy atom. The van der Waals surface area contributed by atoms with Crippen LogP contribution >= 0.6 is 0 Å². The molecule has 0 radical (unpaired) electrons. The van der Waals surface area contributed by atoms with Crippen LogP contribution in [0.4, 0.5) is 24.7 Å². The van der Waals surface area contributed by atoms with Gasteiger partial charge in [-0.3, -0.25) is 19.7 Å². The average molecular weight is 898 g/mol. The van der Waals surface area contributed by atoms with E-state index in [2.05, 4.69) is 32.6 Å². The van der Waals surface area contributed by atoms with E-state index in [1.165, 1.54) is 12.1 Å². The molecule has 3 atom stereocenters. The summed E-state index contributed by atoms with van der Waals surface area (Å²) in [6.45, 7) is 11.6. The first-order valence-corrected chi connectivity index (χ1v) is 23.0. The Labute approximate surface area is 377 Å². The number of carbonyl (C=O) groups is 3. The number of imide groups is 1. The van der Waals surface area contributed by atoms with Crippen molar-refractivity contribution in [1.29, 1.82) is 0 Å². The maximum absolute atomic E-state index is 15.8. The first-order chi connectivity index (χ1) is 31.0. The highest BCUT2D eigenvalue weighted by Crippen LogP contribution is 2.43. The fraction of sp³-hybridized carbons (Fsp3) is 0.531. The molecule has 5 aliphatic rings. The lowest BCUT2D eigenvalue weighted by Crippen LogP contribution is -2.52. The van der Waals surface area contributed by atoms with Gasteiger partial charge in [-0.05, 0) is 132 Å². The quantitative estimate of drug-likeness (QED) is 0.125. The normalized spacial score (nSPS) is 22.1. The molecule has 0 aliphatic carbocycles. The number of amides is 3.